The molecule has 3 rings (SSSR count). The van der Waals surface area contributed by atoms with Gasteiger partial charge in [-0.15, -0.1) is 0 Å². The average Bonchev–Trinajstić information content (AvgIpc) is 3.08. The van der Waals surface area contributed by atoms with Crippen LogP contribution < -0.4 is 4.90 Å². The van der Waals surface area contributed by atoms with E-state index in [-0.39, 0.29) is 0 Å². The van der Waals surface area contributed by atoms with E-state index in [1.807, 2.05) is 6.07 Å². The maximum atomic E-state index is 12.1. The summed E-state index contributed by atoms with van der Waals surface area (Å²) < 4.78 is 5.58. The first-order chi connectivity index (χ1) is 10.8. The summed E-state index contributed by atoms with van der Waals surface area (Å²) in [5.41, 5.74) is 1.28. The number of anilines is 1. The summed E-state index contributed by atoms with van der Waals surface area (Å²) in [6.45, 7) is 5.43. The molecule has 0 amide bonds. The van der Waals surface area contributed by atoms with Crippen molar-refractivity contribution in [2.24, 2.45) is 0 Å². The number of ether oxygens (including phenoxy) is 1. The fourth-order valence-electron chi connectivity index (χ4n) is 3.33. The maximum Gasteiger partial charge on any atom is 0.146 e. The van der Waals surface area contributed by atoms with Crippen molar-refractivity contribution < 1.29 is 9.53 Å². The lowest BCUT2D eigenvalue weighted by molar-refractivity contribution is -0.120. The minimum Gasteiger partial charge on any atom is -0.378 e. The van der Waals surface area contributed by atoms with E-state index in [1.165, 1.54) is 5.69 Å². The largest absolute Gasteiger partial charge is 0.378 e. The molecule has 0 N–H and O–H groups in total. The molecule has 0 radical (unpaired) electrons. The highest BCUT2D eigenvalue weighted by molar-refractivity contribution is 5.80. The molecule has 1 unspecified atom stereocenters. The van der Waals surface area contributed by atoms with Gasteiger partial charge < -0.3 is 9.64 Å². The molecule has 0 bridgehead atoms. The third kappa shape index (κ3) is 4.31. The van der Waals surface area contributed by atoms with Gasteiger partial charge in [0.2, 0.25) is 0 Å². The van der Waals surface area contributed by atoms with Crippen LogP contribution in [0.5, 0.6) is 0 Å². The molecule has 120 valence electrons. The van der Waals surface area contributed by atoms with E-state index in [1.54, 1.807) is 0 Å². The number of benzene rings is 1. The number of hydrogen-bond donors (Lipinski definition) is 0. The number of nitrogens with zero attached hydrogens (tertiary/aromatic N) is 2. The molecule has 0 spiro atoms. The van der Waals surface area contributed by atoms with E-state index in [0.717, 1.165) is 52.0 Å². The number of carbonyl (C=O) groups is 1. The van der Waals surface area contributed by atoms with Crippen molar-refractivity contribution in [3.63, 3.8) is 0 Å². The van der Waals surface area contributed by atoms with Gasteiger partial charge in [-0.2, -0.15) is 0 Å². The highest BCUT2D eigenvalue weighted by atomic mass is 16.5. The number of carbonyl (C=O) groups excluding carboxylic acids is 1. The molecule has 22 heavy (non-hydrogen) atoms. The number of para-hydroxylation sites is 1. The maximum absolute atomic E-state index is 12.1. The lowest BCUT2D eigenvalue weighted by Crippen LogP contribution is -2.48. The Morgan fingerprint density at radius 3 is 2.59 bits per heavy atom. The van der Waals surface area contributed by atoms with Crippen LogP contribution in [0.2, 0.25) is 0 Å². The van der Waals surface area contributed by atoms with E-state index < -0.39 is 0 Å². The Morgan fingerprint density at radius 1 is 1.14 bits per heavy atom. The van der Waals surface area contributed by atoms with Gasteiger partial charge in [-0.1, -0.05) is 18.2 Å². The predicted octanol–water partition coefficient (Wildman–Crippen LogP) is 2.34. The fourth-order valence-corrected chi connectivity index (χ4v) is 3.33. The minimum atomic E-state index is 0.332. The van der Waals surface area contributed by atoms with E-state index in [9.17, 15) is 4.79 Å². The Hall–Kier alpha value is -1.39. The molecule has 1 aromatic rings. The zero-order chi connectivity index (χ0) is 15.2. The molecule has 0 aromatic heterocycles. The fraction of sp³-hybridized carbons (Fsp3) is 0.611. The Bertz CT molecular complexity index is 463. The smallest absolute Gasteiger partial charge is 0.146 e. The Labute approximate surface area is 133 Å². The molecule has 0 saturated carbocycles. The average molecular weight is 302 g/mol. The third-order valence-corrected chi connectivity index (χ3v) is 4.66. The summed E-state index contributed by atoms with van der Waals surface area (Å²) in [5.74, 6) is 0.365. The van der Waals surface area contributed by atoms with Gasteiger partial charge in [0.15, 0.2) is 0 Å². The summed E-state index contributed by atoms with van der Waals surface area (Å²) in [5, 5.41) is 0. The zero-order valence-corrected chi connectivity index (χ0v) is 13.2. The Morgan fingerprint density at radius 2 is 1.91 bits per heavy atom. The Kier molecular flexibility index (Phi) is 5.46. The van der Waals surface area contributed by atoms with Gasteiger partial charge in [0, 0.05) is 44.9 Å². The van der Waals surface area contributed by atoms with Gasteiger partial charge >= 0.3 is 0 Å². The van der Waals surface area contributed by atoms with Crippen molar-refractivity contribution in [3.8, 4) is 0 Å². The third-order valence-electron chi connectivity index (χ3n) is 4.66. The molecule has 1 aromatic carbocycles. The van der Waals surface area contributed by atoms with Crippen LogP contribution in [0.25, 0.3) is 0 Å². The van der Waals surface area contributed by atoms with E-state index in [2.05, 4.69) is 34.1 Å². The molecule has 1 atom stereocenters. The number of ketones is 1. The lowest BCUT2D eigenvalue weighted by atomic mass is 10.1. The van der Waals surface area contributed by atoms with Gasteiger partial charge in [0.1, 0.15) is 5.78 Å². The van der Waals surface area contributed by atoms with Crippen LogP contribution in [0.1, 0.15) is 25.7 Å². The van der Waals surface area contributed by atoms with Gasteiger partial charge in [0.25, 0.3) is 0 Å². The minimum absolute atomic E-state index is 0.332. The first-order valence-corrected chi connectivity index (χ1v) is 8.47. The molecule has 0 aliphatic carbocycles. The van der Waals surface area contributed by atoms with Gasteiger partial charge in [-0.3, -0.25) is 9.69 Å². The van der Waals surface area contributed by atoms with Crippen molar-refractivity contribution in [2.75, 3.05) is 44.2 Å². The standard InChI is InChI=1S/C18H26N2O2/c21-17(8-9-18-7-4-14-22-18)15-19-10-12-20(13-11-19)16-5-2-1-3-6-16/h1-3,5-6,18H,4,7-15H2. The molecule has 2 fully saturated rings. The van der Waals surface area contributed by atoms with Crippen LogP contribution in [0.4, 0.5) is 5.69 Å². The highest BCUT2D eigenvalue weighted by Crippen LogP contribution is 2.18. The monoisotopic (exact) mass is 302 g/mol. The number of Topliss-reactive ketones (excluding diaryl/α,β-unsaturated/α-hetero) is 1. The number of rotatable bonds is 6. The molecule has 4 nitrogen and oxygen atoms in total. The zero-order valence-electron chi connectivity index (χ0n) is 13.2. The normalized spacial score (nSPS) is 22.9. The second kappa shape index (κ2) is 7.75. The first kappa shape index (κ1) is 15.5. The molecular weight excluding hydrogens is 276 g/mol. The quantitative estimate of drug-likeness (QED) is 0.807. The van der Waals surface area contributed by atoms with E-state index in [4.69, 9.17) is 4.74 Å². The van der Waals surface area contributed by atoms with Crippen molar-refractivity contribution in [1.82, 2.24) is 4.90 Å². The van der Waals surface area contributed by atoms with Crippen LogP contribution in [0.3, 0.4) is 0 Å². The van der Waals surface area contributed by atoms with Crippen molar-refractivity contribution in [2.45, 2.75) is 31.8 Å². The van der Waals surface area contributed by atoms with Gasteiger partial charge in [-0.25, -0.2) is 0 Å². The molecule has 2 aliphatic heterocycles. The number of hydrogen-bond acceptors (Lipinski definition) is 4. The predicted molar refractivity (Wildman–Crippen MR) is 88.3 cm³/mol. The topological polar surface area (TPSA) is 32.8 Å². The highest BCUT2D eigenvalue weighted by Gasteiger charge is 2.21. The summed E-state index contributed by atoms with van der Waals surface area (Å²) in [4.78, 5) is 16.8. The SMILES string of the molecule is O=C(CCC1CCCO1)CN1CCN(c2ccccc2)CC1. The van der Waals surface area contributed by atoms with Crippen LogP contribution >= 0.6 is 0 Å². The van der Waals surface area contributed by atoms with Crippen molar-refractivity contribution >= 4 is 11.5 Å². The van der Waals surface area contributed by atoms with E-state index in [0.29, 0.717) is 24.9 Å². The summed E-state index contributed by atoms with van der Waals surface area (Å²) in [7, 11) is 0. The molecule has 4 heteroatoms. The van der Waals surface area contributed by atoms with Gasteiger partial charge in [-0.05, 0) is 31.4 Å². The molecule has 2 heterocycles. The molecule has 2 saturated heterocycles. The van der Waals surface area contributed by atoms with Crippen LogP contribution in [0.15, 0.2) is 30.3 Å². The second-order valence-corrected chi connectivity index (χ2v) is 6.31. The van der Waals surface area contributed by atoms with Crippen molar-refractivity contribution in [1.29, 1.82) is 0 Å². The number of piperazine rings is 1. The molecular formula is C18H26N2O2. The summed E-state index contributed by atoms with van der Waals surface area (Å²) in [6.07, 6.45) is 4.19. The van der Waals surface area contributed by atoms with Gasteiger partial charge in [0.05, 0.1) is 12.6 Å². The summed E-state index contributed by atoms with van der Waals surface area (Å²) in [6, 6.07) is 10.5. The van der Waals surface area contributed by atoms with Crippen LogP contribution in [0, 0.1) is 0 Å². The second-order valence-electron chi connectivity index (χ2n) is 6.31. The van der Waals surface area contributed by atoms with Crippen LogP contribution in [-0.2, 0) is 9.53 Å². The lowest BCUT2D eigenvalue weighted by Gasteiger charge is -2.35. The van der Waals surface area contributed by atoms with Crippen LogP contribution in [-0.4, -0.2) is 56.1 Å². The summed E-state index contributed by atoms with van der Waals surface area (Å²) >= 11 is 0. The Balaban J connectivity index is 1.37. The first-order valence-electron chi connectivity index (χ1n) is 8.47. The molecule has 2 aliphatic rings. The van der Waals surface area contributed by atoms with Crippen molar-refractivity contribution in [3.05, 3.63) is 30.3 Å². The van der Waals surface area contributed by atoms with E-state index >= 15 is 0 Å².